The molecule has 1 amide bonds. The van der Waals surface area contributed by atoms with Crippen molar-refractivity contribution in [2.45, 2.75) is 13.1 Å². The minimum atomic E-state index is -4.61. The molecule has 0 aliphatic heterocycles. The van der Waals surface area contributed by atoms with Gasteiger partial charge < -0.3 is 10.1 Å². The van der Waals surface area contributed by atoms with Gasteiger partial charge in [-0.1, -0.05) is 30.3 Å². The lowest BCUT2D eigenvalue weighted by Gasteiger charge is -2.12. The maximum atomic E-state index is 13.3. The lowest BCUT2D eigenvalue weighted by molar-refractivity contribution is -0.137. The van der Waals surface area contributed by atoms with Crippen molar-refractivity contribution >= 4 is 23.3 Å². The Hall–Kier alpha value is -4.91. The maximum Gasteiger partial charge on any atom is 0.416 e. The van der Waals surface area contributed by atoms with Crippen LogP contribution in [0.4, 0.5) is 18.9 Å². The Kier molecular flexibility index (Phi) is 6.56. The van der Waals surface area contributed by atoms with Gasteiger partial charge in [-0.05, 0) is 55.0 Å². The Morgan fingerprint density at radius 2 is 1.86 bits per heavy atom. The fourth-order valence-electron chi connectivity index (χ4n) is 3.36. The first-order chi connectivity index (χ1) is 17.2. The molecule has 0 unspecified atom stereocenters. The monoisotopic (exact) mass is 490 g/mol. The third-order valence-corrected chi connectivity index (χ3v) is 5.11. The number of pyridine rings is 1. The lowest BCUT2D eigenvalue weighted by Crippen LogP contribution is -2.21. The van der Waals surface area contributed by atoms with Crippen molar-refractivity contribution in [3.05, 3.63) is 106 Å². The van der Waals surface area contributed by atoms with Gasteiger partial charge in [0.15, 0.2) is 0 Å². The van der Waals surface area contributed by atoms with Crippen molar-refractivity contribution in [2.24, 2.45) is 0 Å². The summed E-state index contributed by atoms with van der Waals surface area (Å²) >= 11 is 0. The van der Waals surface area contributed by atoms with E-state index in [2.05, 4.69) is 10.3 Å². The van der Waals surface area contributed by atoms with Crippen LogP contribution >= 0.6 is 0 Å². The molecule has 4 rings (SSSR count). The molecule has 4 aromatic rings. The van der Waals surface area contributed by atoms with Crippen LogP contribution in [0.5, 0.6) is 11.6 Å². The molecule has 0 saturated heterocycles. The number of amides is 1. The van der Waals surface area contributed by atoms with Crippen LogP contribution in [0, 0.1) is 18.3 Å². The lowest BCUT2D eigenvalue weighted by atomic mass is 10.1. The van der Waals surface area contributed by atoms with Crippen LogP contribution in [0.25, 0.3) is 11.7 Å². The summed E-state index contributed by atoms with van der Waals surface area (Å²) in [6, 6.07) is 17.5. The Balaban J connectivity index is 1.79. The largest absolute Gasteiger partial charge is 0.438 e. The zero-order valence-corrected chi connectivity index (χ0v) is 18.7. The minimum Gasteiger partial charge on any atom is -0.438 e. The summed E-state index contributed by atoms with van der Waals surface area (Å²) in [4.78, 5) is 30.5. The third kappa shape index (κ3) is 5.10. The van der Waals surface area contributed by atoms with Gasteiger partial charge in [0.25, 0.3) is 11.5 Å². The first kappa shape index (κ1) is 24.2. The summed E-state index contributed by atoms with van der Waals surface area (Å²) in [5, 5.41) is 11.9. The number of para-hydroxylation sites is 1. The van der Waals surface area contributed by atoms with Gasteiger partial charge in [0.2, 0.25) is 5.88 Å². The van der Waals surface area contributed by atoms with Gasteiger partial charge in [-0.15, -0.1) is 0 Å². The highest BCUT2D eigenvalue weighted by molar-refractivity contribution is 6.09. The number of halogens is 3. The van der Waals surface area contributed by atoms with Gasteiger partial charge in [0.05, 0.1) is 5.56 Å². The van der Waals surface area contributed by atoms with Crippen molar-refractivity contribution in [1.29, 1.82) is 5.26 Å². The molecule has 0 atom stereocenters. The van der Waals surface area contributed by atoms with Crippen molar-refractivity contribution in [3.8, 4) is 17.7 Å². The van der Waals surface area contributed by atoms with Gasteiger partial charge in [-0.2, -0.15) is 23.4 Å². The molecule has 2 heterocycles. The Bertz CT molecular complexity index is 1590. The van der Waals surface area contributed by atoms with Crippen LogP contribution in [-0.4, -0.2) is 15.3 Å². The van der Waals surface area contributed by atoms with Crippen LogP contribution in [0.2, 0.25) is 0 Å². The first-order valence-electron chi connectivity index (χ1n) is 10.5. The van der Waals surface area contributed by atoms with Crippen LogP contribution in [0.1, 0.15) is 16.7 Å². The van der Waals surface area contributed by atoms with E-state index in [0.717, 1.165) is 24.3 Å². The number of nitrogens with zero attached hydrogens (tertiary/aromatic N) is 3. The fourth-order valence-corrected chi connectivity index (χ4v) is 3.36. The number of benzene rings is 2. The number of anilines is 1. The van der Waals surface area contributed by atoms with E-state index >= 15 is 0 Å². The highest BCUT2D eigenvalue weighted by atomic mass is 19.4. The summed E-state index contributed by atoms with van der Waals surface area (Å²) in [5.74, 6) is -0.778. The molecular weight excluding hydrogens is 473 g/mol. The second-order valence-electron chi connectivity index (χ2n) is 7.64. The SMILES string of the molecule is Cc1cccn2c(=O)c(/C=C(/C#N)C(=O)Nc3cccc(C(F)(F)F)c3)c(Oc3ccccc3)nc12. The minimum absolute atomic E-state index is 0.139. The molecule has 10 heteroatoms. The number of aromatic nitrogens is 2. The number of nitrogens with one attached hydrogen (secondary N) is 1. The molecule has 0 bridgehead atoms. The van der Waals surface area contributed by atoms with E-state index in [-0.39, 0.29) is 17.1 Å². The summed E-state index contributed by atoms with van der Waals surface area (Å²) in [6.45, 7) is 1.76. The van der Waals surface area contributed by atoms with Crippen molar-refractivity contribution in [3.63, 3.8) is 0 Å². The quantitative estimate of drug-likeness (QED) is 0.300. The molecular formula is C26H17F3N4O3. The molecule has 0 spiro atoms. The number of fused-ring (bicyclic) bond motifs is 1. The van der Waals surface area contributed by atoms with E-state index in [1.165, 1.54) is 16.7 Å². The van der Waals surface area contributed by atoms with Gasteiger partial charge in [0, 0.05) is 11.9 Å². The highest BCUT2D eigenvalue weighted by Gasteiger charge is 2.30. The predicted molar refractivity (Wildman–Crippen MR) is 126 cm³/mol. The predicted octanol–water partition coefficient (Wildman–Crippen LogP) is 5.36. The van der Waals surface area contributed by atoms with E-state index < -0.39 is 28.8 Å². The molecule has 0 aliphatic carbocycles. The summed E-state index contributed by atoms with van der Waals surface area (Å²) in [5.41, 5.74) is -1.44. The summed E-state index contributed by atoms with van der Waals surface area (Å²) in [7, 11) is 0. The number of aryl methyl sites for hydroxylation is 1. The van der Waals surface area contributed by atoms with Gasteiger partial charge in [0.1, 0.15) is 28.6 Å². The summed E-state index contributed by atoms with van der Waals surface area (Å²) in [6.07, 6.45) is -2.12. The smallest absolute Gasteiger partial charge is 0.416 e. The molecule has 180 valence electrons. The highest BCUT2D eigenvalue weighted by Crippen LogP contribution is 2.31. The average Bonchev–Trinajstić information content (AvgIpc) is 2.85. The Labute approximate surface area is 202 Å². The van der Waals surface area contributed by atoms with Crippen LogP contribution in [0.15, 0.2) is 83.3 Å². The van der Waals surface area contributed by atoms with Gasteiger partial charge >= 0.3 is 6.18 Å². The average molecular weight is 490 g/mol. The standard InChI is InChI=1S/C26H17F3N4O3/c1-16-7-6-12-33-22(16)32-24(36-20-10-3-2-4-11-20)21(25(33)35)13-17(15-30)23(34)31-19-9-5-8-18(14-19)26(27,28)29/h2-14H,1H3,(H,31,34)/b17-13-. The zero-order chi connectivity index (χ0) is 25.9. The maximum absolute atomic E-state index is 13.3. The topological polar surface area (TPSA) is 96.5 Å². The summed E-state index contributed by atoms with van der Waals surface area (Å²) < 4.78 is 46.1. The number of alkyl halides is 3. The van der Waals surface area contributed by atoms with E-state index in [4.69, 9.17) is 4.74 Å². The fraction of sp³-hybridized carbons (Fsp3) is 0.0769. The molecule has 0 radical (unpaired) electrons. The van der Waals surface area contributed by atoms with Crippen molar-refractivity contribution in [2.75, 3.05) is 5.32 Å². The van der Waals surface area contributed by atoms with E-state index in [0.29, 0.717) is 17.0 Å². The van der Waals surface area contributed by atoms with Crippen LogP contribution < -0.4 is 15.6 Å². The number of rotatable bonds is 5. The molecule has 0 aliphatic rings. The molecule has 2 aromatic carbocycles. The normalized spacial score (nSPS) is 11.7. The number of carbonyl (C=O) groups is 1. The number of hydrogen-bond donors (Lipinski definition) is 1. The zero-order valence-electron chi connectivity index (χ0n) is 18.7. The first-order valence-corrected chi connectivity index (χ1v) is 10.5. The van der Waals surface area contributed by atoms with E-state index in [9.17, 15) is 28.0 Å². The third-order valence-electron chi connectivity index (χ3n) is 5.11. The Morgan fingerprint density at radius 3 is 2.56 bits per heavy atom. The Morgan fingerprint density at radius 1 is 1.11 bits per heavy atom. The molecule has 0 saturated carbocycles. The van der Waals surface area contributed by atoms with E-state index in [1.807, 2.05) is 0 Å². The number of ether oxygens (including phenoxy) is 1. The van der Waals surface area contributed by atoms with Gasteiger partial charge in [-0.25, -0.2) is 0 Å². The van der Waals surface area contributed by atoms with Crippen LogP contribution in [-0.2, 0) is 11.0 Å². The molecule has 2 aromatic heterocycles. The van der Waals surface area contributed by atoms with E-state index in [1.54, 1.807) is 55.5 Å². The van der Waals surface area contributed by atoms with Gasteiger partial charge in [-0.3, -0.25) is 14.0 Å². The van der Waals surface area contributed by atoms with Crippen molar-refractivity contribution < 1.29 is 22.7 Å². The molecule has 7 nitrogen and oxygen atoms in total. The van der Waals surface area contributed by atoms with Crippen molar-refractivity contribution in [1.82, 2.24) is 9.38 Å². The number of nitriles is 1. The molecule has 1 N–H and O–H groups in total. The molecule has 36 heavy (non-hydrogen) atoms. The second-order valence-corrected chi connectivity index (χ2v) is 7.64. The number of carbonyl (C=O) groups excluding carboxylic acids is 1. The molecule has 0 fully saturated rings. The van der Waals surface area contributed by atoms with Crippen LogP contribution in [0.3, 0.4) is 0 Å². The number of hydrogen-bond acceptors (Lipinski definition) is 5. The second kappa shape index (κ2) is 9.76.